The highest BCUT2D eigenvalue weighted by Crippen LogP contribution is 2.33. The molecule has 9 heteroatoms. The summed E-state index contributed by atoms with van der Waals surface area (Å²) < 4.78 is 90.8. The molecule has 0 aliphatic rings. The van der Waals surface area contributed by atoms with Crippen molar-refractivity contribution in [1.82, 2.24) is 0 Å². The van der Waals surface area contributed by atoms with Crippen LogP contribution in [0.4, 0.5) is 26.3 Å². The van der Waals surface area contributed by atoms with Crippen LogP contribution in [0.2, 0.25) is 0 Å². The first-order valence-electron chi connectivity index (χ1n) is 12.4. The maximum Gasteiger partial charge on any atom is 0.315 e. The normalized spacial score (nSPS) is 10.8. The average molecular weight is 573 g/mol. The Kier molecular flexibility index (Phi) is 7.80. The van der Waals surface area contributed by atoms with Gasteiger partial charge >= 0.3 is 5.97 Å². The molecule has 0 atom stereocenters. The van der Waals surface area contributed by atoms with Gasteiger partial charge in [-0.3, -0.25) is 4.79 Å². The molecular weight excluding hydrogens is 556 g/mol. The maximum absolute atomic E-state index is 14.9. The molecular formula is C33H17F6NO2. The number of hydrogen-bond acceptors (Lipinski definition) is 3. The minimum atomic E-state index is -1.24. The lowest BCUT2D eigenvalue weighted by atomic mass is 9.97. The van der Waals surface area contributed by atoms with Crippen molar-refractivity contribution in [2.75, 3.05) is 0 Å². The van der Waals surface area contributed by atoms with Gasteiger partial charge in [0.25, 0.3) is 0 Å². The Balaban J connectivity index is 1.28. The molecule has 0 radical (unpaired) electrons. The van der Waals surface area contributed by atoms with E-state index in [2.05, 4.69) is 0 Å². The van der Waals surface area contributed by atoms with Gasteiger partial charge in [-0.15, -0.1) is 0 Å². The summed E-state index contributed by atoms with van der Waals surface area (Å²) in [6.45, 7) is 0. The minimum Gasteiger partial charge on any atom is -0.426 e. The van der Waals surface area contributed by atoms with Crippen molar-refractivity contribution in [3.63, 3.8) is 0 Å². The van der Waals surface area contributed by atoms with Crippen molar-refractivity contribution < 1.29 is 35.9 Å². The van der Waals surface area contributed by atoms with E-state index in [1.807, 2.05) is 0 Å². The fourth-order valence-electron chi connectivity index (χ4n) is 4.42. The lowest BCUT2D eigenvalue weighted by molar-refractivity contribution is -0.133. The van der Waals surface area contributed by atoms with Gasteiger partial charge in [0.2, 0.25) is 0 Å². The highest BCUT2D eigenvalue weighted by Gasteiger charge is 2.19. The van der Waals surface area contributed by atoms with Crippen molar-refractivity contribution in [3.8, 4) is 45.2 Å². The molecule has 0 aliphatic heterocycles. The fourth-order valence-corrected chi connectivity index (χ4v) is 4.42. The van der Waals surface area contributed by atoms with E-state index in [9.17, 15) is 31.1 Å². The van der Waals surface area contributed by atoms with Gasteiger partial charge < -0.3 is 4.74 Å². The third-order valence-electron chi connectivity index (χ3n) is 6.44. The number of nitriles is 1. The van der Waals surface area contributed by atoms with Gasteiger partial charge in [0, 0.05) is 5.56 Å². The first-order chi connectivity index (χ1) is 20.1. The smallest absolute Gasteiger partial charge is 0.315 e. The van der Waals surface area contributed by atoms with Crippen LogP contribution in [0.25, 0.3) is 33.4 Å². The lowest BCUT2D eigenvalue weighted by Crippen LogP contribution is -2.11. The Morgan fingerprint density at radius 1 is 0.619 bits per heavy atom. The van der Waals surface area contributed by atoms with Crippen molar-refractivity contribution in [2.45, 2.75) is 6.42 Å². The number of carbonyl (C=O) groups is 1. The van der Waals surface area contributed by atoms with Gasteiger partial charge in [0.1, 0.15) is 52.3 Å². The molecule has 0 N–H and O–H groups in total. The van der Waals surface area contributed by atoms with Gasteiger partial charge in [0.05, 0.1) is 12.0 Å². The summed E-state index contributed by atoms with van der Waals surface area (Å²) in [6.07, 6.45) is -0.239. The van der Waals surface area contributed by atoms with Crippen LogP contribution in [0.3, 0.4) is 0 Å². The summed E-state index contributed by atoms with van der Waals surface area (Å²) in [5.41, 5.74) is -0.370. The molecule has 0 bridgehead atoms. The van der Waals surface area contributed by atoms with E-state index in [1.54, 1.807) is 6.07 Å². The second kappa shape index (κ2) is 11.6. The molecule has 0 spiro atoms. The monoisotopic (exact) mass is 573 g/mol. The summed E-state index contributed by atoms with van der Waals surface area (Å²) in [6, 6.07) is 19.9. The molecule has 208 valence electrons. The third kappa shape index (κ3) is 5.88. The molecule has 0 amide bonds. The Labute approximate surface area is 235 Å². The summed E-state index contributed by atoms with van der Waals surface area (Å²) >= 11 is 0. The molecule has 0 aliphatic carbocycles. The largest absolute Gasteiger partial charge is 0.426 e. The topological polar surface area (TPSA) is 50.1 Å². The summed E-state index contributed by atoms with van der Waals surface area (Å²) in [4.78, 5) is 12.4. The Morgan fingerprint density at radius 3 is 1.76 bits per heavy atom. The molecule has 0 saturated carbocycles. The number of benzene rings is 5. The average Bonchev–Trinajstić information content (AvgIpc) is 2.94. The second-order valence-electron chi connectivity index (χ2n) is 9.24. The highest BCUT2D eigenvalue weighted by atomic mass is 19.2. The van der Waals surface area contributed by atoms with E-state index in [0.29, 0.717) is 28.8 Å². The van der Waals surface area contributed by atoms with E-state index < -0.39 is 57.6 Å². The van der Waals surface area contributed by atoms with Gasteiger partial charge in [-0.1, -0.05) is 36.4 Å². The van der Waals surface area contributed by atoms with Crippen LogP contribution in [0.15, 0.2) is 91.0 Å². The molecule has 5 aromatic rings. The number of carbonyl (C=O) groups excluding carboxylic acids is 1. The zero-order valence-corrected chi connectivity index (χ0v) is 21.4. The van der Waals surface area contributed by atoms with Gasteiger partial charge in [0.15, 0.2) is 0 Å². The summed E-state index contributed by atoms with van der Waals surface area (Å²) in [5.74, 6) is -6.23. The van der Waals surface area contributed by atoms with Crippen LogP contribution in [0.1, 0.15) is 11.1 Å². The van der Waals surface area contributed by atoms with Crippen LogP contribution in [0, 0.1) is 46.2 Å². The summed E-state index contributed by atoms with van der Waals surface area (Å²) in [7, 11) is 0. The highest BCUT2D eigenvalue weighted by molar-refractivity contribution is 5.77. The molecule has 5 rings (SSSR count). The molecule has 0 saturated heterocycles. The van der Waals surface area contributed by atoms with Crippen LogP contribution in [-0.4, -0.2) is 5.97 Å². The number of esters is 1. The van der Waals surface area contributed by atoms with Gasteiger partial charge in [-0.05, 0) is 82.4 Å². The van der Waals surface area contributed by atoms with Crippen molar-refractivity contribution in [1.29, 1.82) is 5.26 Å². The van der Waals surface area contributed by atoms with Crippen molar-refractivity contribution in [3.05, 3.63) is 137 Å². The van der Waals surface area contributed by atoms with Crippen LogP contribution in [0.5, 0.6) is 5.75 Å². The number of rotatable bonds is 6. The maximum atomic E-state index is 14.9. The fraction of sp³-hybridized carbons (Fsp3) is 0.0303. The number of hydrogen-bond donors (Lipinski definition) is 0. The second-order valence-corrected chi connectivity index (χ2v) is 9.24. The first kappa shape index (κ1) is 28.2. The standard InChI is InChI=1S/C33H17F6NO2/c34-23-6-2-20(3-7-23)25-10-1-18(11-27(25)35)12-32(41)42-24-8-4-19(5-9-24)21-13-30(38)33(31(39)14-21)22-15-28(36)26(17-40)29(37)16-22/h1-11,13-16H,12H2. The minimum absolute atomic E-state index is 0.109. The zero-order chi connectivity index (χ0) is 30.0. The van der Waals surface area contributed by atoms with Crippen LogP contribution < -0.4 is 4.74 Å². The van der Waals surface area contributed by atoms with Crippen LogP contribution >= 0.6 is 0 Å². The Bertz CT molecular complexity index is 1820. The number of ether oxygens (including phenoxy) is 1. The predicted molar refractivity (Wildman–Crippen MR) is 143 cm³/mol. The van der Waals surface area contributed by atoms with E-state index in [1.165, 1.54) is 66.7 Å². The molecule has 0 unspecified atom stereocenters. The SMILES string of the molecule is N#Cc1c(F)cc(-c2c(F)cc(-c3ccc(OC(=O)Cc4ccc(-c5ccc(F)cc5)c(F)c4)cc3)cc2F)cc1F. The van der Waals surface area contributed by atoms with Crippen molar-refractivity contribution >= 4 is 5.97 Å². The first-order valence-corrected chi connectivity index (χ1v) is 12.4. The summed E-state index contributed by atoms with van der Waals surface area (Å²) in [5, 5.41) is 8.80. The van der Waals surface area contributed by atoms with Crippen LogP contribution in [-0.2, 0) is 11.2 Å². The lowest BCUT2D eigenvalue weighted by Gasteiger charge is -2.11. The third-order valence-corrected chi connectivity index (χ3v) is 6.44. The van der Waals surface area contributed by atoms with E-state index in [-0.39, 0.29) is 23.3 Å². The van der Waals surface area contributed by atoms with Gasteiger partial charge in [-0.2, -0.15) is 5.26 Å². The molecule has 0 heterocycles. The van der Waals surface area contributed by atoms with Crippen molar-refractivity contribution in [2.24, 2.45) is 0 Å². The Hall–Kier alpha value is -5.36. The van der Waals surface area contributed by atoms with E-state index >= 15 is 0 Å². The quantitative estimate of drug-likeness (QED) is 0.116. The number of nitrogens with zero attached hydrogens (tertiary/aromatic N) is 1. The molecule has 5 aromatic carbocycles. The molecule has 0 fully saturated rings. The predicted octanol–water partition coefficient (Wildman–Crippen LogP) is 8.54. The molecule has 42 heavy (non-hydrogen) atoms. The van der Waals surface area contributed by atoms with E-state index in [0.717, 1.165) is 12.1 Å². The molecule has 0 aromatic heterocycles. The zero-order valence-electron chi connectivity index (χ0n) is 21.4. The van der Waals surface area contributed by atoms with E-state index in [4.69, 9.17) is 10.00 Å². The molecule has 3 nitrogen and oxygen atoms in total. The number of halogens is 6. The Morgan fingerprint density at radius 2 is 1.19 bits per heavy atom. The van der Waals surface area contributed by atoms with Gasteiger partial charge in [-0.25, -0.2) is 26.3 Å².